The van der Waals surface area contributed by atoms with E-state index < -0.39 is 0 Å². The molecule has 2 heterocycles. The Labute approximate surface area is 139 Å². The summed E-state index contributed by atoms with van der Waals surface area (Å²) in [5.74, 6) is -0.0635. The standard InChI is InChI=1S/C18H19N3OS/c1-11-9-12(2)20-17-14(11)15(19)16(23-17)18(22)21(3)10-13-7-5-4-6-8-13/h4-9H,10,19H2,1-3H3. The largest absolute Gasteiger partial charge is 0.397 e. The molecule has 118 valence electrons. The van der Waals surface area contributed by atoms with Gasteiger partial charge in [-0.05, 0) is 31.0 Å². The first-order valence-electron chi connectivity index (χ1n) is 7.43. The Morgan fingerprint density at radius 1 is 1.26 bits per heavy atom. The van der Waals surface area contributed by atoms with Gasteiger partial charge in [-0.1, -0.05) is 30.3 Å². The maximum atomic E-state index is 12.8. The molecule has 0 saturated carbocycles. The highest BCUT2D eigenvalue weighted by atomic mass is 32.1. The summed E-state index contributed by atoms with van der Waals surface area (Å²) in [5, 5.41) is 0.900. The molecular weight excluding hydrogens is 306 g/mol. The fraction of sp³-hybridized carbons (Fsp3) is 0.222. The van der Waals surface area contributed by atoms with Crippen LogP contribution in [0.5, 0.6) is 0 Å². The van der Waals surface area contributed by atoms with Gasteiger partial charge < -0.3 is 10.6 Å². The lowest BCUT2D eigenvalue weighted by Crippen LogP contribution is -2.26. The average molecular weight is 325 g/mol. The van der Waals surface area contributed by atoms with E-state index in [2.05, 4.69) is 4.98 Å². The van der Waals surface area contributed by atoms with Gasteiger partial charge in [0.1, 0.15) is 9.71 Å². The second kappa shape index (κ2) is 6.01. The summed E-state index contributed by atoms with van der Waals surface area (Å²) >= 11 is 1.37. The van der Waals surface area contributed by atoms with Crippen LogP contribution in [0.4, 0.5) is 5.69 Å². The Morgan fingerprint density at radius 2 is 1.96 bits per heavy atom. The van der Waals surface area contributed by atoms with Crippen molar-refractivity contribution in [3.05, 3.63) is 58.1 Å². The number of hydrogen-bond acceptors (Lipinski definition) is 4. The number of aromatic nitrogens is 1. The summed E-state index contributed by atoms with van der Waals surface area (Å²) in [6.07, 6.45) is 0. The molecular formula is C18H19N3OS. The van der Waals surface area contributed by atoms with Crippen molar-refractivity contribution in [3.63, 3.8) is 0 Å². The number of amides is 1. The van der Waals surface area contributed by atoms with Crippen LogP contribution in [0.3, 0.4) is 0 Å². The predicted octanol–water partition coefficient (Wildman–Crippen LogP) is 3.77. The highest BCUT2D eigenvalue weighted by Crippen LogP contribution is 2.35. The third-order valence-electron chi connectivity index (χ3n) is 3.83. The van der Waals surface area contributed by atoms with Crippen molar-refractivity contribution in [2.24, 2.45) is 0 Å². The third kappa shape index (κ3) is 2.92. The molecule has 0 aliphatic carbocycles. The van der Waals surface area contributed by atoms with Gasteiger partial charge in [-0.15, -0.1) is 11.3 Å². The summed E-state index contributed by atoms with van der Waals surface area (Å²) < 4.78 is 0. The van der Waals surface area contributed by atoms with Crippen molar-refractivity contribution in [2.45, 2.75) is 20.4 Å². The normalized spacial score (nSPS) is 10.9. The molecule has 0 fully saturated rings. The zero-order chi connectivity index (χ0) is 16.6. The Kier molecular flexibility index (Phi) is 4.05. The second-order valence-electron chi connectivity index (χ2n) is 5.75. The van der Waals surface area contributed by atoms with E-state index in [0.29, 0.717) is 17.1 Å². The summed E-state index contributed by atoms with van der Waals surface area (Å²) in [6.45, 7) is 4.51. The minimum absolute atomic E-state index is 0.0635. The molecule has 0 aliphatic rings. The van der Waals surface area contributed by atoms with Crippen molar-refractivity contribution in [1.82, 2.24) is 9.88 Å². The topological polar surface area (TPSA) is 59.2 Å². The molecule has 3 rings (SSSR count). The number of carbonyl (C=O) groups excluding carboxylic acids is 1. The molecule has 0 aliphatic heterocycles. The molecule has 5 heteroatoms. The SMILES string of the molecule is Cc1cc(C)c2c(N)c(C(=O)N(C)Cc3ccccc3)sc2n1. The summed E-state index contributed by atoms with van der Waals surface area (Å²) in [7, 11) is 1.80. The Balaban J connectivity index is 1.95. The van der Waals surface area contributed by atoms with Crippen molar-refractivity contribution in [2.75, 3.05) is 12.8 Å². The molecule has 0 spiro atoms. The maximum Gasteiger partial charge on any atom is 0.266 e. The molecule has 3 aromatic rings. The number of fused-ring (bicyclic) bond motifs is 1. The molecule has 1 aromatic carbocycles. The van der Waals surface area contributed by atoms with Gasteiger partial charge >= 0.3 is 0 Å². The van der Waals surface area contributed by atoms with E-state index in [1.54, 1.807) is 11.9 Å². The van der Waals surface area contributed by atoms with Crippen LogP contribution in [0.15, 0.2) is 36.4 Å². The number of nitrogen functional groups attached to an aromatic ring is 1. The van der Waals surface area contributed by atoms with E-state index in [1.165, 1.54) is 11.3 Å². The van der Waals surface area contributed by atoms with Gasteiger partial charge in [-0.3, -0.25) is 4.79 Å². The van der Waals surface area contributed by atoms with Gasteiger partial charge in [0.2, 0.25) is 0 Å². The number of benzene rings is 1. The summed E-state index contributed by atoms with van der Waals surface area (Å²) in [4.78, 5) is 20.4. The first-order chi connectivity index (χ1) is 11.0. The monoisotopic (exact) mass is 325 g/mol. The molecule has 0 bridgehead atoms. The van der Waals surface area contributed by atoms with E-state index >= 15 is 0 Å². The Hall–Kier alpha value is -2.40. The zero-order valence-electron chi connectivity index (χ0n) is 13.5. The molecule has 2 aromatic heterocycles. The van der Waals surface area contributed by atoms with Gasteiger partial charge in [0.25, 0.3) is 5.91 Å². The quantitative estimate of drug-likeness (QED) is 0.797. The van der Waals surface area contributed by atoms with Gasteiger partial charge in [0.15, 0.2) is 0 Å². The molecule has 1 amide bonds. The lowest BCUT2D eigenvalue weighted by molar-refractivity contribution is 0.0791. The number of thiophene rings is 1. The van der Waals surface area contributed by atoms with Gasteiger partial charge in [-0.2, -0.15) is 0 Å². The molecule has 2 N–H and O–H groups in total. The summed E-state index contributed by atoms with van der Waals surface area (Å²) in [6, 6.07) is 11.9. The minimum Gasteiger partial charge on any atom is -0.397 e. The fourth-order valence-corrected chi connectivity index (χ4v) is 3.94. The zero-order valence-corrected chi connectivity index (χ0v) is 14.3. The number of nitrogens with two attached hydrogens (primary N) is 1. The lowest BCUT2D eigenvalue weighted by Gasteiger charge is -2.16. The number of carbonyl (C=O) groups is 1. The number of nitrogens with zero attached hydrogens (tertiary/aromatic N) is 2. The first kappa shape index (κ1) is 15.5. The third-order valence-corrected chi connectivity index (χ3v) is 4.92. The highest BCUT2D eigenvalue weighted by molar-refractivity contribution is 7.21. The van der Waals surface area contributed by atoms with Crippen molar-refractivity contribution < 1.29 is 4.79 Å². The highest BCUT2D eigenvalue weighted by Gasteiger charge is 2.21. The first-order valence-corrected chi connectivity index (χ1v) is 8.24. The number of aryl methyl sites for hydroxylation is 2. The van der Waals surface area contributed by atoms with Crippen molar-refractivity contribution in [3.8, 4) is 0 Å². The van der Waals surface area contributed by atoms with Crippen LogP contribution in [-0.4, -0.2) is 22.8 Å². The van der Waals surface area contributed by atoms with Crippen LogP contribution in [-0.2, 0) is 6.54 Å². The second-order valence-corrected chi connectivity index (χ2v) is 6.75. The average Bonchev–Trinajstić information content (AvgIpc) is 2.84. The van der Waals surface area contributed by atoms with Crippen LogP contribution in [0.1, 0.15) is 26.5 Å². The lowest BCUT2D eigenvalue weighted by atomic mass is 10.1. The maximum absolute atomic E-state index is 12.8. The molecule has 4 nitrogen and oxygen atoms in total. The summed E-state index contributed by atoms with van der Waals surface area (Å²) in [5.41, 5.74) is 9.88. The molecule has 0 atom stereocenters. The van der Waals surface area contributed by atoms with Gasteiger partial charge in [-0.25, -0.2) is 4.98 Å². The van der Waals surface area contributed by atoms with Crippen molar-refractivity contribution >= 4 is 33.1 Å². The van der Waals surface area contributed by atoms with E-state index in [1.807, 2.05) is 50.2 Å². The van der Waals surface area contributed by atoms with E-state index in [0.717, 1.165) is 27.0 Å². The molecule has 0 radical (unpaired) electrons. The molecule has 0 unspecified atom stereocenters. The predicted molar refractivity (Wildman–Crippen MR) is 95.7 cm³/mol. The Morgan fingerprint density at radius 3 is 2.65 bits per heavy atom. The van der Waals surface area contributed by atoms with Crippen molar-refractivity contribution in [1.29, 1.82) is 0 Å². The Bertz CT molecular complexity index is 871. The van der Waals surface area contributed by atoms with E-state index in [-0.39, 0.29) is 5.91 Å². The van der Waals surface area contributed by atoms with Gasteiger partial charge in [0.05, 0.1) is 5.69 Å². The van der Waals surface area contributed by atoms with Crippen LogP contribution in [0, 0.1) is 13.8 Å². The molecule has 0 saturated heterocycles. The smallest absolute Gasteiger partial charge is 0.266 e. The number of hydrogen-bond donors (Lipinski definition) is 1. The van der Waals surface area contributed by atoms with Crippen LogP contribution in [0.25, 0.3) is 10.2 Å². The number of anilines is 1. The van der Waals surface area contributed by atoms with E-state index in [4.69, 9.17) is 5.73 Å². The van der Waals surface area contributed by atoms with Crippen LogP contribution < -0.4 is 5.73 Å². The molecule has 23 heavy (non-hydrogen) atoms. The van der Waals surface area contributed by atoms with Gasteiger partial charge in [0, 0.05) is 24.7 Å². The number of pyridine rings is 1. The van der Waals surface area contributed by atoms with Crippen LogP contribution in [0.2, 0.25) is 0 Å². The van der Waals surface area contributed by atoms with Crippen LogP contribution >= 0.6 is 11.3 Å². The minimum atomic E-state index is -0.0635. The number of rotatable bonds is 3. The fourth-order valence-electron chi connectivity index (χ4n) is 2.73. The van der Waals surface area contributed by atoms with E-state index in [9.17, 15) is 4.79 Å².